The van der Waals surface area contributed by atoms with Gasteiger partial charge in [0, 0.05) is 11.9 Å². The summed E-state index contributed by atoms with van der Waals surface area (Å²) in [6.45, 7) is 1.66. The van der Waals surface area contributed by atoms with Crippen molar-refractivity contribution in [2.75, 3.05) is 5.75 Å². The number of nitrogens with zero attached hydrogens (tertiary/aromatic N) is 3. The molecule has 1 heterocycles. The molecule has 0 atom stereocenters. The molecule has 0 aliphatic heterocycles. The number of hydrogen-bond acceptors (Lipinski definition) is 5. The Morgan fingerprint density at radius 2 is 2.31 bits per heavy atom. The van der Waals surface area contributed by atoms with Crippen LogP contribution in [0.15, 0.2) is 17.4 Å². The molecule has 68 valence electrons. The maximum atomic E-state index is 11.2. The normalized spacial score (nSPS) is 10.8. The fourth-order valence-electron chi connectivity index (χ4n) is 0.725. The summed E-state index contributed by atoms with van der Waals surface area (Å²) in [4.78, 5) is 7.29. The summed E-state index contributed by atoms with van der Waals surface area (Å²) in [5.41, 5.74) is 0.562. The number of aromatic nitrogens is 2. The molecule has 13 heavy (non-hydrogen) atoms. The van der Waals surface area contributed by atoms with E-state index in [0.717, 1.165) is 0 Å². The summed E-state index contributed by atoms with van der Waals surface area (Å²) < 4.78 is 22.5. The van der Waals surface area contributed by atoms with Gasteiger partial charge in [-0.2, -0.15) is 5.26 Å². The molecular weight excluding hydrogens is 190 g/mol. The van der Waals surface area contributed by atoms with E-state index in [1.165, 1.54) is 6.20 Å². The lowest BCUT2D eigenvalue weighted by Gasteiger charge is -1.97. The maximum Gasteiger partial charge on any atom is 0.248 e. The zero-order chi connectivity index (χ0) is 9.90. The molecule has 6 heteroatoms. The summed E-state index contributed by atoms with van der Waals surface area (Å²) >= 11 is 0. The summed E-state index contributed by atoms with van der Waals surface area (Å²) in [7, 11) is -3.62. The molecule has 0 aliphatic carbocycles. The third-order valence-corrected chi connectivity index (χ3v) is 2.57. The van der Waals surface area contributed by atoms with Crippen LogP contribution in [0.4, 0.5) is 0 Å². The molecule has 0 N–H and O–H groups in total. The minimum absolute atomic E-state index is 0.283. The predicted molar refractivity (Wildman–Crippen MR) is 44.4 cm³/mol. The molecule has 5 nitrogen and oxygen atoms in total. The standard InChI is InChI=1S/C7H7N3O2S/c1-6-2-4-9-7(10-6)13(11,12)5-3-8/h2,4H,5H2,1H3. The molecule has 0 spiro atoms. The van der Waals surface area contributed by atoms with Crippen LogP contribution < -0.4 is 0 Å². The zero-order valence-corrected chi connectivity index (χ0v) is 7.74. The van der Waals surface area contributed by atoms with Gasteiger partial charge in [-0.25, -0.2) is 18.4 Å². The quantitative estimate of drug-likeness (QED) is 0.627. The van der Waals surface area contributed by atoms with Crippen molar-refractivity contribution in [2.45, 2.75) is 12.1 Å². The molecule has 0 saturated carbocycles. The Hall–Kier alpha value is -1.48. The van der Waals surface area contributed by atoms with Gasteiger partial charge in [0.2, 0.25) is 15.0 Å². The Morgan fingerprint density at radius 1 is 1.62 bits per heavy atom. The van der Waals surface area contributed by atoms with E-state index in [-0.39, 0.29) is 5.16 Å². The first kappa shape index (κ1) is 9.61. The highest BCUT2D eigenvalue weighted by atomic mass is 32.2. The second-order valence-electron chi connectivity index (χ2n) is 2.40. The van der Waals surface area contributed by atoms with Crippen molar-refractivity contribution < 1.29 is 8.42 Å². The lowest BCUT2D eigenvalue weighted by atomic mass is 10.5. The molecule has 0 aliphatic rings. The number of sulfone groups is 1. The molecule has 0 unspecified atom stereocenters. The molecular formula is C7H7N3O2S. The van der Waals surface area contributed by atoms with Gasteiger partial charge in [-0.1, -0.05) is 0 Å². The monoisotopic (exact) mass is 197 g/mol. The van der Waals surface area contributed by atoms with Gasteiger partial charge < -0.3 is 0 Å². The van der Waals surface area contributed by atoms with Gasteiger partial charge >= 0.3 is 0 Å². The Labute approximate surface area is 76.0 Å². The fraction of sp³-hybridized carbons (Fsp3) is 0.286. The van der Waals surface area contributed by atoms with Crippen LogP contribution in [0.5, 0.6) is 0 Å². The predicted octanol–water partition coefficient (Wildman–Crippen LogP) is 0.0823. The Kier molecular flexibility index (Phi) is 2.58. The van der Waals surface area contributed by atoms with Crippen LogP contribution in [0.2, 0.25) is 0 Å². The molecule has 0 fully saturated rings. The summed E-state index contributed by atoms with van der Waals surface area (Å²) in [6, 6.07) is 3.15. The minimum Gasteiger partial charge on any atom is -0.227 e. The third kappa shape index (κ3) is 2.23. The van der Waals surface area contributed by atoms with Gasteiger partial charge in [0.05, 0.1) is 6.07 Å². The molecule has 0 saturated heterocycles. The molecule has 0 aromatic carbocycles. The van der Waals surface area contributed by atoms with Gasteiger partial charge in [-0.05, 0) is 13.0 Å². The maximum absolute atomic E-state index is 11.2. The minimum atomic E-state index is -3.62. The first-order valence-electron chi connectivity index (χ1n) is 3.45. The number of aryl methyl sites for hydroxylation is 1. The van der Waals surface area contributed by atoms with E-state index in [2.05, 4.69) is 9.97 Å². The Balaban J connectivity index is 3.17. The van der Waals surface area contributed by atoms with Gasteiger partial charge in [-0.3, -0.25) is 0 Å². The summed E-state index contributed by atoms with van der Waals surface area (Å²) in [6.07, 6.45) is 1.35. The van der Waals surface area contributed by atoms with Crippen LogP contribution in [0.3, 0.4) is 0 Å². The number of hydrogen-bond donors (Lipinski definition) is 0. The van der Waals surface area contributed by atoms with Crippen molar-refractivity contribution in [3.05, 3.63) is 18.0 Å². The van der Waals surface area contributed by atoms with Crippen LogP contribution in [-0.2, 0) is 9.84 Å². The van der Waals surface area contributed by atoms with Crippen LogP contribution in [0, 0.1) is 18.3 Å². The van der Waals surface area contributed by atoms with Gasteiger partial charge in [0.25, 0.3) is 0 Å². The van der Waals surface area contributed by atoms with Crippen LogP contribution in [0.1, 0.15) is 5.69 Å². The zero-order valence-electron chi connectivity index (χ0n) is 6.93. The summed E-state index contributed by atoms with van der Waals surface area (Å²) in [5, 5.41) is 7.96. The van der Waals surface area contributed by atoms with Crippen LogP contribution >= 0.6 is 0 Å². The number of nitriles is 1. The number of rotatable bonds is 2. The third-order valence-electron chi connectivity index (χ3n) is 1.31. The highest BCUT2D eigenvalue weighted by Crippen LogP contribution is 2.03. The van der Waals surface area contributed by atoms with Crippen molar-refractivity contribution >= 4 is 9.84 Å². The average molecular weight is 197 g/mol. The molecule has 1 aromatic heterocycles. The first-order valence-corrected chi connectivity index (χ1v) is 5.11. The van der Waals surface area contributed by atoms with Crippen molar-refractivity contribution in [1.82, 2.24) is 9.97 Å². The summed E-state index contributed by atoms with van der Waals surface area (Å²) in [5.74, 6) is -0.587. The molecule has 1 rings (SSSR count). The van der Waals surface area contributed by atoms with Crippen LogP contribution in [0.25, 0.3) is 0 Å². The van der Waals surface area contributed by atoms with E-state index in [9.17, 15) is 8.42 Å². The highest BCUT2D eigenvalue weighted by molar-refractivity contribution is 7.91. The van der Waals surface area contributed by atoms with E-state index in [0.29, 0.717) is 5.69 Å². The van der Waals surface area contributed by atoms with E-state index in [4.69, 9.17) is 5.26 Å². The van der Waals surface area contributed by atoms with Crippen LogP contribution in [-0.4, -0.2) is 24.1 Å². The largest absolute Gasteiger partial charge is 0.248 e. The van der Waals surface area contributed by atoms with Crippen molar-refractivity contribution in [2.24, 2.45) is 0 Å². The van der Waals surface area contributed by atoms with Crippen molar-refractivity contribution in [3.8, 4) is 6.07 Å². The van der Waals surface area contributed by atoms with E-state index in [1.807, 2.05) is 0 Å². The SMILES string of the molecule is Cc1ccnc(S(=O)(=O)CC#N)n1. The Bertz CT molecular complexity index is 447. The van der Waals surface area contributed by atoms with Gasteiger partial charge in [0.1, 0.15) is 5.75 Å². The second-order valence-corrected chi connectivity index (χ2v) is 4.28. The molecule has 0 amide bonds. The van der Waals surface area contributed by atoms with Gasteiger partial charge in [0.15, 0.2) is 0 Å². The Morgan fingerprint density at radius 3 is 2.85 bits per heavy atom. The van der Waals surface area contributed by atoms with Crippen molar-refractivity contribution in [1.29, 1.82) is 5.26 Å². The van der Waals surface area contributed by atoms with Gasteiger partial charge in [-0.15, -0.1) is 0 Å². The second kappa shape index (κ2) is 3.49. The van der Waals surface area contributed by atoms with Crippen molar-refractivity contribution in [3.63, 3.8) is 0 Å². The van der Waals surface area contributed by atoms with E-state index in [1.54, 1.807) is 19.1 Å². The lowest BCUT2D eigenvalue weighted by molar-refractivity contribution is 0.589. The first-order chi connectivity index (χ1) is 6.06. The highest BCUT2D eigenvalue weighted by Gasteiger charge is 2.16. The topological polar surface area (TPSA) is 83.7 Å². The fourth-order valence-corrected chi connectivity index (χ4v) is 1.53. The molecule has 0 bridgehead atoms. The van der Waals surface area contributed by atoms with E-state index < -0.39 is 15.6 Å². The lowest BCUT2D eigenvalue weighted by Crippen LogP contribution is -2.09. The molecule has 0 radical (unpaired) electrons. The molecule has 1 aromatic rings. The smallest absolute Gasteiger partial charge is 0.227 e. The average Bonchev–Trinajstić information content (AvgIpc) is 2.04. The van der Waals surface area contributed by atoms with E-state index >= 15 is 0 Å².